The highest BCUT2D eigenvalue weighted by Gasteiger charge is 2.42. The number of ether oxygens (including phenoxy) is 1. The molecule has 1 aliphatic rings. The van der Waals surface area contributed by atoms with Crippen LogP contribution in [0.1, 0.15) is 33.1 Å². The lowest BCUT2D eigenvalue weighted by Gasteiger charge is -2.42. The summed E-state index contributed by atoms with van der Waals surface area (Å²) in [6, 6.07) is 10.7. The summed E-state index contributed by atoms with van der Waals surface area (Å²) in [5, 5.41) is 3.50. The molecule has 1 N–H and O–H groups in total. The Labute approximate surface area is 127 Å². The first kappa shape index (κ1) is 15.8. The van der Waals surface area contributed by atoms with Gasteiger partial charge in [0.2, 0.25) is 0 Å². The molecule has 0 spiro atoms. The standard InChI is InChI=1S/C17H26N2O2/c1-4-14(2)18-17(16(20)21-3)10-12-19(13-11-17)15-8-6-5-7-9-15/h5-9,14,18H,4,10-13H2,1-3H3. The number of rotatable bonds is 5. The van der Waals surface area contributed by atoms with Gasteiger partial charge in [0.1, 0.15) is 5.54 Å². The molecule has 0 aliphatic carbocycles. The van der Waals surface area contributed by atoms with Gasteiger partial charge in [0, 0.05) is 24.8 Å². The second kappa shape index (κ2) is 6.94. The molecule has 1 aromatic carbocycles. The maximum absolute atomic E-state index is 12.3. The molecular weight excluding hydrogens is 264 g/mol. The van der Waals surface area contributed by atoms with Gasteiger partial charge in [-0.25, -0.2) is 0 Å². The second-order valence-corrected chi connectivity index (χ2v) is 5.85. The molecule has 0 radical (unpaired) electrons. The van der Waals surface area contributed by atoms with Crippen LogP contribution in [0.25, 0.3) is 0 Å². The number of carbonyl (C=O) groups is 1. The predicted molar refractivity (Wildman–Crippen MR) is 85.5 cm³/mol. The Morgan fingerprint density at radius 3 is 2.48 bits per heavy atom. The zero-order chi connectivity index (χ0) is 15.3. The van der Waals surface area contributed by atoms with Gasteiger partial charge < -0.3 is 9.64 Å². The van der Waals surface area contributed by atoms with Gasteiger partial charge in [-0.05, 0) is 38.3 Å². The Kier molecular flexibility index (Phi) is 5.23. The molecule has 1 heterocycles. The van der Waals surface area contributed by atoms with E-state index in [2.05, 4.69) is 48.3 Å². The molecule has 2 rings (SSSR count). The lowest BCUT2D eigenvalue weighted by molar-refractivity contribution is -0.150. The monoisotopic (exact) mass is 290 g/mol. The highest BCUT2D eigenvalue weighted by atomic mass is 16.5. The fraction of sp³-hybridized carbons (Fsp3) is 0.588. The normalized spacial score (nSPS) is 19.1. The van der Waals surface area contributed by atoms with Gasteiger partial charge in [0.05, 0.1) is 7.11 Å². The van der Waals surface area contributed by atoms with E-state index in [9.17, 15) is 4.79 Å². The number of esters is 1. The van der Waals surface area contributed by atoms with E-state index < -0.39 is 5.54 Å². The number of piperidine rings is 1. The minimum Gasteiger partial charge on any atom is -0.468 e. The number of carbonyl (C=O) groups excluding carboxylic acids is 1. The summed E-state index contributed by atoms with van der Waals surface area (Å²) in [4.78, 5) is 14.6. The topological polar surface area (TPSA) is 41.6 Å². The van der Waals surface area contributed by atoms with E-state index in [0.29, 0.717) is 6.04 Å². The Morgan fingerprint density at radius 1 is 1.33 bits per heavy atom. The second-order valence-electron chi connectivity index (χ2n) is 5.85. The summed E-state index contributed by atoms with van der Waals surface area (Å²) in [5.74, 6) is -0.129. The molecule has 1 saturated heterocycles. The van der Waals surface area contributed by atoms with Gasteiger partial charge >= 0.3 is 5.97 Å². The van der Waals surface area contributed by atoms with Crippen LogP contribution in [-0.4, -0.2) is 37.7 Å². The van der Waals surface area contributed by atoms with E-state index in [4.69, 9.17) is 4.74 Å². The fourth-order valence-corrected chi connectivity index (χ4v) is 2.96. The number of nitrogens with zero attached hydrogens (tertiary/aromatic N) is 1. The zero-order valence-electron chi connectivity index (χ0n) is 13.3. The molecular formula is C17H26N2O2. The van der Waals surface area contributed by atoms with E-state index in [1.807, 2.05) is 6.07 Å². The Morgan fingerprint density at radius 2 is 1.95 bits per heavy atom. The van der Waals surface area contributed by atoms with Crippen LogP contribution in [0.2, 0.25) is 0 Å². The molecule has 1 unspecified atom stereocenters. The van der Waals surface area contributed by atoms with Crippen molar-refractivity contribution in [2.45, 2.75) is 44.7 Å². The minimum absolute atomic E-state index is 0.129. The van der Waals surface area contributed by atoms with Gasteiger partial charge in [0.25, 0.3) is 0 Å². The van der Waals surface area contributed by atoms with Crippen LogP contribution in [0.4, 0.5) is 5.69 Å². The van der Waals surface area contributed by atoms with Gasteiger partial charge in [-0.1, -0.05) is 25.1 Å². The number of hydrogen-bond acceptors (Lipinski definition) is 4. The molecule has 4 heteroatoms. The average molecular weight is 290 g/mol. The molecule has 0 bridgehead atoms. The average Bonchev–Trinajstić information content (AvgIpc) is 2.55. The van der Waals surface area contributed by atoms with Crippen molar-refractivity contribution in [3.8, 4) is 0 Å². The van der Waals surface area contributed by atoms with Crippen molar-refractivity contribution >= 4 is 11.7 Å². The van der Waals surface area contributed by atoms with E-state index in [1.54, 1.807) is 0 Å². The van der Waals surface area contributed by atoms with Crippen LogP contribution in [0.5, 0.6) is 0 Å². The number of benzene rings is 1. The highest BCUT2D eigenvalue weighted by molar-refractivity contribution is 5.81. The lowest BCUT2D eigenvalue weighted by atomic mass is 9.86. The first-order valence-corrected chi connectivity index (χ1v) is 7.77. The SMILES string of the molecule is CCC(C)NC1(C(=O)OC)CCN(c2ccccc2)CC1. The first-order chi connectivity index (χ1) is 10.1. The molecule has 21 heavy (non-hydrogen) atoms. The summed E-state index contributed by atoms with van der Waals surface area (Å²) in [6.07, 6.45) is 2.55. The van der Waals surface area contributed by atoms with Crippen molar-refractivity contribution in [3.05, 3.63) is 30.3 Å². The highest BCUT2D eigenvalue weighted by Crippen LogP contribution is 2.28. The predicted octanol–water partition coefficient (Wildman–Crippen LogP) is 2.59. The number of para-hydroxylation sites is 1. The quantitative estimate of drug-likeness (QED) is 0.846. The molecule has 116 valence electrons. The van der Waals surface area contributed by atoms with Gasteiger partial charge in [-0.2, -0.15) is 0 Å². The number of nitrogens with one attached hydrogen (secondary N) is 1. The molecule has 1 aliphatic heterocycles. The van der Waals surface area contributed by atoms with Crippen molar-refractivity contribution in [1.82, 2.24) is 5.32 Å². The zero-order valence-corrected chi connectivity index (χ0v) is 13.3. The smallest absolute Gasteiger partial charge is 0.326 e. The summed E-state index contributed by atoms with van der Waals surface area (Å²) in [5.41, 5.74) is 0.689. The molecule has 0 amide bonds. The largest absolute Gasteiger partial charge is 0.468 e. The minimum atomic E-state index is -0.532. The number of hydrogen-bond donors (Lipinski definition) is 1. The number of anilines is 1. The summed E-state index contributed by atoms with van der Waals surface area (Å²) >= 11 is 0. The van der Waals surface area contributed by atoms with Crippen LogP contribution in [-0.2, 0) is 9.53 Å². The molecule has 4 nitrogen and oxygen atoms in total. The number of methoxy groups -OCH3 is 1. The lowest BCUT2D eigenvalue weighted by Crippen LogP contribution is -2.61. The Bertz CT molecular complexity index is 453. The maximum atomic E-state index is 12.3. The van der Waals surface area contributed by atoms with Crippen LogP contribution in [0.15, 0.2) is 30.3 Å². The Balaban J connectivity index is 2.08. The maximum Gasteiger partial charge on any atom is 0.326 e. The summed E-state index contributed by atoms with van der Waals surface area (Å²) < 4.78 is 5.06. The fourth-order valence-electron chi connectivity index (χ4n) is 2.96. The van der Waals surface area contributed by atoms with Crippen molar-refractivity contribution in [2.24, 2.45) is 0 Å². The van der Waals surface area contributed by atoms with Gasteiger partial charge in [-0.15, -0.1) is 0 Å². The van der Waals surface area contributed by atoms with Crippen molar-refractivity contribution < 1.29 is 9.53 Å². The molecule has 0 saturated carbocycles. The van der Waals surface area contributed by atoms with E-state index >= 15 is 0 Å². The van der Waals surface area contributed by atoms with E-state index in [0.717, 1.165) is 32.4 Å². The summed E-state index contributed by atoms with van der Waals surface area (Å²) in [7, 11) is 1.48. The molecule has 0 aromatic heterocycles. The molecule has 1 atom stereocenters. The Hall–Kier alpha value is -1.55. The van der Waals surface area contributed by atoms with Crippen LogP contribution < -0.4 is 10.2 Å². The van der Waals surface area contributed by atoms with E-state index in [-0.39, 0.29) is 5.97 Å². The van der Waals surface area contributed by atoms with E-state index in [1.165, 1.54) is 12.8 Å². The third kappa shape index (κ3) is 3.56. The summed E-state index contributed by atoms with van der Waals surface area (Å²) in [6.45, 7) is 5.97. The van der Waals surface area contributed by atoms with Gasteiger partial charge in [0.15, 0.2) is 0 Å². The molecule has 1 fully saturated rings. The van der Waals surface area contributed by atoms with Crippen molar-refractivity contribution in [1.29, 1.82) is 0 Å². The first-order valence-electron chi connectivity index (χ1n) is 7.77. The van der Waals surface area contributed by atoms with Crippen LogP contribution >= 0.6 is 0 Å². The van der Waals surface area contributed by atoms with Crippen molar-refractivity contribution in [3.63, 3.8) is 0 Å². The third-order valence-corrected chi connectivity index (χ3v) is 4.45. The molecule has 1 aromatic rings. The van der Waals surface area contributed by atoms with Crippen LogP contribution in [0.3, 0.4) is 0 Å². The van der Waals surface area contributed by atoms with Crippen molar-refractivity contribution in [2.75, 3.05) is 25.1 Å². The van der Waals surface area contributed by atoms with Gasteiger partial charge in [-0.3, -0.25) is 10.1 Å². The van der Waals surface area contributed by atoms with Crippen LogP contribution in [0, 0.1) is 0 Å². The third-order valence-electron chi connectivity index (χ3n) is 4.45.